The third-order valence-corrected chi connectivity index (χ3v) is 3.38. The van der Waals surface area contributed by atoms with Gasteiger partial charge in [0.25, 0.3) is 0 Å². The van der Waals surface area contributed by atoms with Crippen LogP contribution in [0.25, 0.3) is 0 Å². The van der Waals surface area contributed by atoms with E-state index in [1.165, 1.54) is 0 Å². The molecule has 1 aromatic carbocycles. The number of nitrogens with one attached hydrogen (secondary N) is 1. The van der Waals surface area contributed by atoms with Crippen LogP contribution in [0, 0.1) is 0 Å². The smallest absolute Gasteiger partial charge is 0.166 e. The van der Waals surface area contributed by atoms with Crippen LogP contribution in [0.2, 0.25) is 0 Å². The summed E-state index contributed by atoms with van der Waals surface area (Å²) in [6.45, 7) is 8.05. The number of hydrogen-bond donors (Lipinski definition) is 1. The molecule has 112 valence electrons. The molecule has 0 unspecified atom stereocenters. The molecule has 0 amide bonds. The summed E-state index contributed by atoms with van der Waals surface area (Å²) >= 11 is 0. The van der Waals surface area contributed by atoms with Crippen molar-refractivity contribution in [2.75, 3.05) is 26.4 Å². The van der Waals surface area contributed by atoms with Crippen molar-refractivity contribution in [3.05, 3.63) is 23.8 Å². The van der Waals surface area contributed by atoms with Gasteiger partial charge in [0.1, 0.15) is 6.10 Å². The first-order valence-electron chi connectivity index (χ1n) is 7.55. The molecule has 0 aliphatic carbocycles. The summed E-state index contributed by atoms with van der Waals surface area (Å²) in [5.41, 5.74) is 1.16. The molecule has 0 aromatic heterocycles. The van der Waals surface area contributed by atoms with Gasteiger partial charge in [-0.1, -0.05) is 19.1 Å². The average Bonchev–Trinajstić information content (AvgIpc) is 2.49. The fourth-order valence-corrected chi connectivity index (χ4v) is 2.32. The lowest BCUT2D eigenvalue weighted by atomic mass is 10.1. The number of para-hydroxylation sites is 1. The fourth-order valence-electron chi connectivity index (χ4n) is 2.32. The lowest BCUT2D eigenvalue weighted by Gasteiger charge is -2.26. The molecule has 20 heavy (non-hydrogen) atoms. The Morgan fingerprint density at radius 1 is 1.25 bits per heavy atom. The SMILES string of the molecule is CCNCc1cccc(OCC)c1OC1CCOCC1. The first-order valence-corrected chi connectivity index (χ1v) is 7.55. The van der Waals surface area contributed by atoms with Crippen molar-refractivity contribution in [3.8, 4) is 11.5 Å². The molecule has 0 saturated carbocycles. The minimum Gasteiger partial charge on any atom is -0.490 e. The number of ether oxygens (including phenoxy) is 3. The minimum atomic E-state index is 0.228. The lowest BCUT2D eigenvalue weighted by Crippen LogP contribution is -2.27. The van der Waals surface area contributed by atoms with Crippen LogP contribution < -0.4 is 14.8 Å². The molecule has 0 radical (unpaired) electrons. The summed E-state index contributed by atoms with van der Waals surface area (Å²) in [5.74, 6) is 1.73. The van der Waals surface area contributed by atoms with E-state index in [0.29, 0.717) is 6.61 Å². The molecular weight excluding hydrogens is 254 g/mol. The highest BCUT2D eigenvalue weighted by Gasteiger charge is 2.19. The average molecular weight is 279 g/mol. The van der Waals surface area contributed by atoms with E-state index < -0.39 is 0 Å². The standard InChI is InChI=1S/C16H25NO3/c1-3-17-12-13-6-5-7-15(19-4-2)16(13)20-14-8-10-18-11-9-14/h5-7,14,17H,3-4,8-12H2,1-2H3. The largest absolute Gasteiger partial charge is 0.490 e. The summed E-state index contributed by atoms with van der Waals surface area (Å²) in [4.78, 5) is 0. The fraction of sp³-hybridized carbons (Fsp3) is 0.625. The van der Waals surface area contributed by atoms with Gasteiger partial charge in [0, 0.05) is 24.9 Å². The molecule has 1 aliphatic heterocycles. The van der Waals surface area contributed by atoms with Gasteiger partial charge in [0.15, 0.2) is 11.5 Å². The quantitative estimate of drug-likeness (QED) is 0.833. The summed E-state index contributed by atoms with van der Waals surface area (Å²) in [5, 5.41) is 3.35. The third kappa shape index (κ3) is 4.12. The van der Waals surface area contributed by atoms with Crippen molar-refractivity contribution < 1.29 is 14.2 Å². The summed E-state index contributed by atoms with van der Waals surface area (Å²) < 4.78 is 17.3. The minimum absolute atomic E-state index is 0.228. The third-order valence-electron chi connectivity index (χ3n) is 3.38. The second kappa shape index (κ2) is 8.12. The second-order valence-corrected chi connectivity index (χ2v) is 4.89. The van der Waals surface area contributed by atoms with Crippen LogP contribution in [-0.2, 0) is 11.3 Å². The lowest BCUT2D eigenvalue weighted by molar-refractivity contribution is 0.0239. The Balaban J connectivity index is 2.15. The van der Waals surface area contributed by atoms with Gasteiger partial charge in [0.05, 0.1) is 19.8 Å². The maximum atomic E-state index is 6.22. The van der Waals surface area contributed by atoms with Crippen molar-refractivity contribution >= 4 is 0 Å². The Bertz CT molecular complexity index is 403. The second-order valence-electron chi connectivity index (χ2n) is 4.89. The van der Waals surface area contributed by atoms with Crippen molar-refractivity contribution in [1.29, 1.82) is 0 Å². The highest BCUT2D eigenvalue weighted by Crippen LogP contribution is 2.33. The molecule has 1 fully saturated rings. The van der Waals surface area contributed by atoms with E-state index in [1.54, 1.807) is 0 Å². The van der Waals surface area contributed by atoms with Gasteiger partial charge in [-0.3, -0.25) is 0 Å². The van der Waals surface area contributed by atoms with Crippen LogP contribution >= 0.6 is 0 Å². The maximum Gasteiger partial charge on any atom is 0.166 e. The van der Waals surface area contributed by atoms with Crippen LogP contribution in [0.15, 0.2) is 18.2 Å². The summed E-state index contributed by atoms with van der Waals surface area (Å²) in [6, 6.07) is 6.10. The molecule has 0 bridgehead atoms. The zero-order valence-electron chi connectivity index (χ0n) is 12.5. The van der Waals surface area contributed by atoms with Gasteiger partial charge in [-0.25, -0.2) is 0 Å². The number of benzene rings is 1. The Morgan fingerprint density at radius 2 is 2.05 bits per heavy atom. The van der Waals surface area contributed by atoms with Gasteiger partial charge in [-0.2, -0.15) is 0 Å². The van der Waals surface area contributed by atoms with E-state index in [4.69, 9.17) is 14.2 Å². The molecule has 1 saturated heterocycles. The summed E-state index contributed by atoms with van der Waals surface area (Å²) in [6.07, 6.45) is 2.12. The molecular formula is C16H25NO3. The van der Waals surface area contributed by atoms with Gasteiger partial charge in [0.2, 0.25) is 0 Å². The van der Waals surface area contributed by atoms with E-state index in [1.807, 2.05) is 19.1 Å². The van der Waals surface area contributed by atoms with Crippen molar-refractivity contribution in [1.82, 2.24) is 5.32 Å². The van der Waals surface area contributed by atoms with Gasteiger partial charge < -0.3 is 19.5 Å². The zero-order chi connectivity index (χ0) is 14.2. The highest BCUT2D eigenvalue weighted by molar-refractivity contribution is 5.46. The predicted octanol–water partition coefficient (Wildman–Crippen LogP) is 2.75. The van der Waals surface area contributed by atoms with Crippen LogP contribution in [-0.4, -0.2) is 32.5 Å². The van der Waals surface area contributed by atoms with E-state index in [-0.39, 0.29) is 6.10 Å². The van der Waals surface area contributed by atoms with E-state index in [0.717, 1.165) is 56.2 Å². The van der Waals surface area contributed by atoms with Gasteiger partial charge in [-0.05, 0) is 19.5 Å². The van der Waals surface area contributed by atoms with Crippen molar-refractivity contribution in [3.63, 3.8) is 0 Å². The molecule has 1 N–H and O–H groups in total. The number of rotatable bonds is 7. The van der Waals surface area contributed by atoms with Crippen molar-refractivity contribution in [2.45, 2.75) is 39.3 Å². The molecule has 0 spiro atoms. The normalized spacial score (nSPS) is 16.1. The highest BCUT2D eigenvalue weighted by atomic mass is 16.5. The Hall–Kier alpha value is -1.26. The Labute approximate surface area is 121 Å². The topological polar surface area (TPSA) is 39.7 Å². The molecule has 0 atom stereocenters. The maximum absolute atomic E-state index is 6.22. The van der Waals surface area contributed by atoms with E-state index >= 15 is 0 Å². The predicted molar refractivity (Wildman–Crippen MR) is 79.5 cm³/mol. The van der Waals surface area contributed by atoms with Gasteiger partial charge >= 0.3 is 0 Å². The first-order chi connectivity index (χ1) is 9.85. The molecule has 1 heterocycles. The monoisotopic (exact) mass is 279 g/mol. The molecule has 2 rings (SSSR count). The molecule has 1 aromatic rings. The van der Waals surface area contributed by atoms with E-state index in [9.17, 15) is 0 Å². The Kier molecular flexibility index (Phi) is 6.15. The Morgan fingerprint density at radius 3 is 2.75 bits per heavy atom. The van der Waals surface area contributed by atoms with Crippen LogP contribution in [0.5, 0.6) is 11.5 Å². The molecule has 1 aliphatic rings. The van der Waals surface area contributed by atoms with Crippen LogP contribution in [0.4, 0.5) is 0 Å². The van der Waals surface area contributed by atoms with Gasteiger partial charge in [-0.15, -0.1) is 0 Å². The first kappa shape index (κ1) is 15.1. The van der Waals surface area contributed by atoms with Crippen LogP contribution in [0.1, 0.15) is 32.3 Å². The molecule has 4 heteroatoms. The van der Waals surface area contributed by atoms with Crippen LogP contribution in [0.3, 0.4) is 0 Å². The summed E-state index contributed by atoms with van der Waals surface area (Å²) in [7, 11) is 0. The number of hydrogen-bond acceptors (Lipinski definition) is 4. The van der Waals surface area contributed by atoms with E-state index in [2.05, 4.69) is 18.3 Å². The van der Waals surface area contributed by atoms with Crippen molar-refractivity contribution in [2.24, 2.45) is 0 Å². The zero-order valence-corrected chi connectivity index (χ0v) is 12.5. The molecule has 4 nitrogen and oxygen atoms in total.